The summed E-state index contributed by atoms with van der Waals surface area (Å²) in [5.41, 5.74) is 0. The summed E-state index contributed by atoms with van der Waals surface area (Å²) in [6, 6.07) is 0. The van der Waals surface area contributed by atoms with Crippen molar-refractivity contribution in [2.24, 2.45) is 0 Å². The highest BCUT2D eigenvalue weighted by atomic mass is 31.2. The Hall–Kier alpha value is 0.375. The maximum absolute atomic E-state index is 7.76. The molecule has 3 nitrogen and oxygen atoms in total. The van der Waals surface area contributed by atoms with Crippen LogP contribution in [-0.2, 0) is 4.52 Å². The first-order valence-electron chi connectivity index (χ1n) is 0.991. The van der Waals surface area contributed by atoms with Gasteiger partial charge in [-0.1, -0.05) is 0 Å². The normalized spacial score (nSPS) is 8.00. The Morgan fingerprint density at radius 3 is 1.67 bits per heavy atom. The minimum atomic E-state index is -2.10. The summed E-state index contributed by atoms with van der Waals surface area (Å²) in [4.78, 5) is 15.5. The Morgan fingerprint density at radius 2 is 1.67 bits per heavy atom. The third-order valence-electron chi connectivity index (χ3n) is 0.163. The van der Waals surface area contributed by atoms with Crippen molar-refractivity contribution in [1.82, 2.24) is 0 Å². The van der Waals surface area contributed by atoms with Gasteiger partial charge in [0, 0.05) is 7.11 Å². The number of hydrogen-bond donors (Lipinski definition) is 2. The largest absolute Gasteiger partial charge is 0.328 e. The van der Waals surface area contributed by atoms with Gasteiger partial charge in [-0.3, -0.25) is 0 Å². The van der Waals surface area contributed by atoms with E-state index < -0.39 is 8.60 Å². The van der Waals surface area contributed by atoms with E-state index in [-0.39, 0.29) is 8.41 Å². The third kappa shape index (κ3) is 8.83. The maximum atomic E-state index is 7.76. The molecule has 0 aromatic carbocycles. The number of hydrogen-bond acceptors (Lipinski definition) is 3. The monoisotopic (exact) mass is 110 g/mol. The van der Waals surface area contributed by atoms with E-state index in [1.165, 1.54) is 7.11 Å². The first-order chi connectivity index (χ1) is 2.27. The molecule has 5 heteroatoms. The number of rotatable bonds is 1. The second-order valence-corrected chi connectivity index (χ2v) is 1.31. The van der Waals surface area contributed by atoms with Gasteiger partial charge in [-0.2, -0.15) is 0 Å². The summed E-state index contributed by atoms with van der Waals surface area (Å²) < 4.78 is 3.93. The lowest BCUT2D eigenvalue weighted by Crippen LogP contribution is -1.67. The van der Waals surface area contributed by atoms with Crippen molar-refractivity contribution in [1.29, 1.82) is 0 Å². The van der Waals surface area contributed by atoms with Crippen molar-refractivity contribution in [3.05, 3.63) is 0 Å². The second kappa shape index (κ2) is 5.37. The van der Waals surface area contributed by atoms with Crippen LogP contribution >= 0.6 is 8.60 Å². The Bertz CT molecular complexity index is 24.8. The topological polar surface area (TPSA) is 49.7 Å². The molecule has 0 radical (unpaired) electrons. The lowest BCUT2D eigenvalue weighted by Gasteiger charge is -1.89. The van der Waals surface area contributed by atoms with E-state index in [0.29, 0.717) is 0 Å². The van der Waals surface area contributed by atoms with Crippen LogP contribution in [0.15, 0.2) is 0 Å². The first-order valence-corrected chi connectivity index (χ1v) is 2.16. The van der Waals surface area contributed by atoms with Gasteiger partial charge in [-0.25, -0.2) is 0 Å². The van der Waals surface area contributed by atoms with Crippen LogP contribution in [0.1, 0.15) is 0 Å². The highest BCUT2D eigenvalue weighted by Gasteiger charge is 1.86. The van der Waals surface area contributed by atoms with Crippen LogP contribution < -0.4 is 0 Å². The quantitative estimate of drug-likeness (QED) is 0.324. The zero-order valence-corrected chi connectivity index (χ0v) is 3.64. The second-order valence-electron chi connectivity index (χ2n) is 0.435. The molecule has 6 heavy (non-hydrogen) atoms. The highest BCUT2D eigenvalue weighted by Crippen LogP contribution is 2.20. The van der Waals surface area contributed by atoms with Gasteiger partial charge in [-0.15, -0.1) is 0 Å². The molecule has 0 saturated carbocycles. The van der Waals surface area contributed by atoms with Crippen LogP contribution in [0.2, 0.25) is 0 Å². The van der Waals surface area contributed by atoms with Gasteiger partial charge in [-0.05, 0) is 0 Å². The fourth-order valence-corrected chi connectivity index (χ4v) is 0. The van der Waals surface area contributed by atoms with Crippen molar-refractivity contribution in [3.8, 4) is 0 Å². The van der Waals surface area contributed by atoms with E-state index >= 15 is 0 Å². The van der Waals surface area contributed by atoms with E-state index in [4.69, 9.17) is 9.79 Å². The van der Waals surface area contributed by atoms with Crippen LogP contribution in [0, 0.1) is 0 Å². The van der Waals surface area contributed by atoms with Gasteiger partial charge < -0.3 is 14.3 Å². The molecule has 0 saturated heterocycles. The predicted molar refractivity (Wildman–Crippen MR) is 28.3 cm³/mol. The van der Waals surface area contributed by atoms with E-state index in [1.54, 1.807) is 0 Å². The molecule has 0 heterocycles. The molecule has 0 aromatic heterocycles. The molecule has 0 fully saturated rings. The zero-order valence-electron chi connectivity index (χ0n) is 2.75. The van der Waals surface area contributed by atoms with Crippen LogP contribution in [0.25, 0.3) is 0 Å². The van der Waals surface area contributed by atoms with Gasteiger partial charge in [0.05, 0.1) is 8.41 Å². The molecule has 0 spiro atoms. The van der Waals surface area contributed by atoms with E-state index in [9.17, 15) is 0 Å². The van der Waals surface area contributed by atoms with Gasteiger partial charge in [0.15, 0.2) is 0 Å². The van der Waals surface area contributed by atoms with Crippen molar-refractivity contribution >= 4 is 17.0 Å². The molecule has 0 amide bonds. The zero-order chi connectivity index (χ0) is 4.28. The van der Waals surface area contributed by atoms with Gasteiger partial charge in [0.1, 0.15) is 0 Å². The van der Waals surface area contributed by atoms with Crippen LogP contribution in [0.3, 0.4) is 0 Å². The summed E-state index contributed by atoms with van der Waals surface area (Å²) in [6.07, 6.45) is 0. The third-order valence-corrected chi connectivity index (χ3v) is 0.490. The van der Waals surface area contributed by atoms with Gasteiger partial charge in [0.25, 0.3) is 0 Å². The molecule has 0 aromatic rings. The smallest absolute Gasteiger partial charge is 0.326 e. The average Bonchev–Trinajstić information content (AvgIpc) is 1.38. The molecule has 0 aliphatic rings. The van der Waals surface area contributed by atoms with Crippen molar-refractivity contribution in [3.63, 3.8) is 0 Å². The van der Waals surface area contributed by atoms with E-state index in [2.05, 4.69) is 4.52 Å². The molecule has 0 unspecified atom stereocenters. The molecule has 0 aliphatic carbocycles. The summed E-state index contributed by atoms with van der Waals surface area (Å²) in [5, 5.41) is 0. The van der Waals surface area contributed by atoms with Crippen LogP contribution in [0.4, 0.5) is 0 Å². The summed E-state index contributed by atoms with van der Waals surface area (Å²) >= 11 is 0. The minimum Gasteiger partial charge on any atom is -0.328 e. The van der Waals surface area contributed by atoms with Crippen LogP contribution in [-0.4, -0.2) is 25.3 Å². The standard InChI is InChI=1S/CH5O3P.BH3/c1-4-5(2)3;/h2-3H,1H3;1H3. The first kappa shape index (κ1) is 9.62. The molecular weight excluding hydrogens is 102 g/mol. The molecular formula is CH8BO3P. The van der Waals surface area contributed by atoms with E-state index in [0.717, 1.165) is 0 Å². The minimum absolute atomic E-state index is 0. The molecule has 0 rings (SSSR count). The van der Waals surface area contributed by atoms with Crippen molar-refractivity contribution < 1.29 is 14.3 Å². The summed E-state index contributed by atoms with van der Waals surface area (Å²) in [5.74, 6) is 0. The maximum Gasteiger partial charge on any atom is 0.326 e. The lowest BCUT2D eigenvalue weighted by atomic mass is 10.8. The Kier molecular flexibility index (Phi) is 8.62. The predicted octanol–water partition coefficient (Wildman–Crippen LogP) is -1.34. The van der Waals surface area contributed by atoms with Crippen LogP contribution in [0.5, 0.6) is 0 Å². The molecule has 2 N–H and O–H groups in total. The molecule has 0 bridgehead atoms. The van der Waals surface area contributed by atoms with Crippen molar-refractivity contribution in [2.45, 2.75) is 0 Å². The van der Waals surface area contributed by atoms with E-state index in [1.807, 2.05) is 0 Å². The summed E-state index contributed by atoms with van der Waals surface area (Å²) in [7, 11) is -0.870. The lowest BCUT2D eigenvalue weighted by molar-refractivity contribution is 0.310. The SMILES string of the molecule is B.COP(O)O. The average molecular weight is 110 g/mol. The van der Waals surface area contributed by atoms with Crippen molar-refractivity contribution in [2.75, 3.05) is 7.11 Å². The summed E-state index contributed by atoms with van der Waals surface area (Å²) in [6.45, 7) is 0. The molecule has 0 atom stereocenters. The fourth-order valence-electron chi connectivity index (χ4n) is 0. The Labute approximate surface area is 39.5 Å². The molecule has 0 aliphatic heterocycles. The highest BCUT2D eigenvalue weighted by molar-refractivity contribution is 7.39. The Morgan fingerprint density at radius 1 is 1.50 bits per heavy atom. The fraction of sp³-hybridized carbons (Fsp3) is 1.00. The Balaban J connectivity index is 0. The molecule has 38 valence electrons. The van der Waals surface area contributed by atoms with Gasteiger partial charge >= 0.3 is 8.60 Å². The van der Waals surface area contributed by atoms with Gasteiger partial charge in [0.2, 0.25) is 0 Å².